The van der Waals surface area contributed by atoms with Crippen molar-refractivity contribution in [2.24, 2.45) is 0 Å². The molecular formula is C13H14Cl2O4. The van der Waals surface area contributed by atoms with Gasteiger partial charge in [-0.3, -0.25) is 0 Å². The van der Waals surface area contributed by atoms with Crippen molar-refractivity contribution < 1.29 is 19.0 Å². The lowest BCUT2D eigenvalue weighted by atomic mass is 10.0. The predicted molar refractivity (Wildman–Crippen MR) is 71.3 cm³/mol. The van der Waals surface area contributed by atoms with E-state index in [-0.39, 0.29) is 6.61 Å². The van der Waals surface area contributed by atoms with Gasteiger partial charge in [0.1, 0.15) is 6.10 Å². The summed E-state index contributed by atoms with van der Waals surface area (Å²) >= 11 is 12.3. The Hall–Kier alpha value is -0.810. The molecule has 1 aromatic rings. The van der Waals surface area contributed by atoms with Crippen molar-refractivity contribution in [2.75, 3.05) is 6.61 Å². The number of rotatable bonds is 3. The molecule has 0 N–H and O–H groups in total. The summed E-state index contributed by atoms with van der Waals surface area (Å²) in [4.78, 5) is 11.9. The van der Waals surface area contributed by atoms with Crippen LogP contribution >= 0.6 is 23.2 Å². The van der Waals surface area contributed by atoms with Crippen LogP contribution < -0.4 is 0 Å². The Morgan fingerprint density at radius 3 is 2.53 bits per heavy atom. The summed E-state index contributed by atoms with van der Waals surface area (Å²) in [6.07, 6.45) is -2.03. The maximum Gasteiger partial charge on any atom is 0.338 e. The van der Waals surface area contributed by atoms with Gasteiger partial charge >= 0.3 is 5.97 Å². The Labute approximate surface area is 121 Å². The van der Waals surface area contributed by atoms with Crippen LogP contribution in [0.4, 0.5) is 0 Å². The van der Waals surface area contributed by atoms with E-state index in [1.165, 1.54) is 0 Å². The van der Waals surface area contributed by atoms with Crippen molar-refractivity contribution in [3.63, 3.8) is 0 Å². The molecule has 0 spiro atoms. The maximum absolute atomic E-state index is 11.9. The summed E-state index contributed by atoms with van der Waals surface area (Å²) in [6.45, 7) is 3.71. The van der Waals surface area contributed by atoms with Gasteiger partial charge in [0.15, 0.2) is 12.4 Å². The number of halogens is 2. The fourth-order valence-corrected chi connectivity index (χ4v) is 2.61. The molecular weight excluding hydrogens is 291 g/mol. The molecule has 1 saturated heterocycles. The molecule has 0 amide bonds. The van der Waals surface area contributed by atoms with Crippen LogP contribution in [-0.2, 0) is 19.0 Å². The first-order valence-corrected chi connectivity index (χ1v) is 6.71. The molecule has 1 aliphatic heterocycles. The molecule has 1 fully saturated rings. The van der Waals surface area contributed by atoms with Crippen molar-refractivity contribution in [2.45, 2.75) is 32.3 Å². The highest BCUT2D eigenvalue weighted by atomic mass is 35.5. The standard InChI is InChI=1S/C13H14Cl2O4/c1-3-17-13(16)12-11(18-7(2)19-12)10-8(14)5-4-6-9(10)15/h4-7,11-12H,3H2,1-2H3/t7?,11-,12+/m0/s1. The highest BCUT2D eigenvalue weighted by molar-refractivity contribution is 6.36. The van der Waals surface area contributed by atoms with Gasteiger partial charge in [0.2, 0.25) is 0 Å². The number of esters is 1. The molecule has 4 nitrogen and oxygen atoms in total. The first-order chi connectivity index (χ1) is 9.04. The average molecular weight is 305 g/mol. The molecule has 1 aromatic carbocycles. The van der Waals surface area contributed by atoms with Gasteiger partial charge in [-0.15, -0.1) is 0 Å². The number of hydrogen-bond donors (Lipinski definition) is 0. The molecule has 19 heavy (non-hydrogen) atoms. The SMILES string of the molecule is CCOC(=O)[C@@H]1OC(C)O[C@H]1c1c(Cl)cccc1Cl. The van der Waals surface area contributed by atoms with Crippen molar-refractivity contribution in [1.82, 2.24) is 0 Å². The topological polar surface area (TPSA) is 44.8 Å². The normalized spacial score (nSPS) is 26.4. The van der Waals surface area contributed by atoms with Gasteiger partial charge in [0.25, 0.3) is 0 Å². The van der Waals surface area contributed by atoms with Crippen molar-refractivity contribution in [1.29, 1.82) is 0 Å². The summed E-state index contributed by atoms with van der Waals surface area (Å²) in [7, 11) is 0. The summed E-state index contributed by atoms with van der Waals surface area (Å²) in [5.41, 5.74) is 0.549. The van der Waals surface area contributed by atoms with Crippen molar-refractivity contribution in [3.8, 4) is 0 Å². The van der Waals surface area contributed by atoms with E-state index in [2.05, 4.69) is 0 Å². The van der Waals surface area contributed by atoms with E-state index in [4.69, 9.17) is 37.4 Å². The molecule has 0 aliphatic carbocycles. The minimum absolute atomic E-state index is 0.274. The van der Waals surface area contributed by atoms with Gasteiger partial charge in [-0.25, -0.2) is 4.79 Å². The second kappa shape index (κ2) is 6.09. The van der Waals surface area contributed by atoms with Gasteiger partial charge in [-0.05, 0) is 26.0 Å². The second-order valence-corrected chi connectivity index (χ2v) is 4.88. The van der Waals surface area contributed by atoms with Crippen LogP contribution in [0.5, 0.6) is 0 Å². The molecule has 0 aromatic heterocycles. The molecule has 0 radical (unpaired) electrons. The monoisotopic (exact) mass is 304 g/mol. The largest absolute Gasteiger partial charge is 0.464 e. The number of carbonyl (C=O) groups is 1. The summed E-state index contributed by atoms with van der Waals surface area (Å²) < 4.78 is 16.0. The molecule has 2 rings (SSSR count). The van der Waals surface area contributed by atoms with E-state index in [9.17, 15) is 4.79 Å². The Morgan fingerprint density at radius 1 is 1.32 bits per heavy atom. The molecule has 0 bridgehead atoms. The Balaban J connectivity index is 2.33. The number of benzene rings is 1. The molecule has 1 unspecified atom stereocenters. The number of ether oxygens (including phenoxy) is 3. The maximum atomic E-state index is 11.9. The molecule has 104 valence electrons. The van der Waals surface area contributed by atoms with Crippen LogP contribution in [0.3, 0.4) is 0 Å². The van der Waals surface area contributed by atoms with Crippen LogP contribution in [-0.4, -0.2) is 25.0 Å². The van der Waals surface area contributed by atoms with Gasteiger partial charge in [0, 0.05) is 15.6 Å². The zero-order chi connectivity index (χ0) is 14.0. The first-order valence-electron chi connectivity index (χ1n) is 5.96. The predicted octanol–water partition coefficient (Wildman–Crippen LogP) is 3.36. The van der Waals surface area contributed by atoms with E-state index < -0.39 is 24.5 Å². The third kappa shape index (κ3) is 3.03. The van der Waals surface area contributed by atoms with Crippen molar-refractivity contribution in [3.05, 3.63) is 33.8 Å². The minimum atomic E-state index is -0.854. The Bertz CT molecular complexity index is 457. The molecule has 0 saturated carbocycles. The second-order valence-electron chi connectivity index (χ2n) is 4.07. The summed E-state index contributed by atoms with van der Waals surface area (Å²) in [5, 5.41) is 0.869. The molecule has 3 atom stereocenters. The summed E-state index contributed by atoms with van der Waals surface area (Å²) in [5.74, 6) is -0.479. The van der Waals surface area contributed by atoms with E-state index in [0.717, 1.165) is 0 Å². The highest BCUT2D eigenvalue weighted by Gasteiger charge is 2.42. The van der Waals surface area contributed by atoms with E-state index in [0.29, 0.717) is 15.6 Å². The Kier molecular flexibility index (Phi) is 4.68. The lowest BCUT2D eigenvalue weighted by molar-refractivity contribution is -0.156. The quantitative estimate of drug-likeness (QED) is 0.803. The molecule has 1 heterocycles. The van der Waals surface area contributed by atoms with Crippen LogP contribution in [0.15, 0.2) is 18.2 Å². The molecule has 6 heteroatoms. The number of hydrogen-bond acceptors (Lipinski definition) is 4. The van der Waals surface area contributed by atoms with Crippen LogP contribution in [0, 0.1) is 0 Å². The van der Waals surface area contributed by atoms with Crippen LogP contribution in [0.2, 0.25) is 10.0 Å². The Morgan fingerprint density at radius 2 is 1.95 bits per heavy atom. The van der Waals surface area contributed by atoms with Gasteiger partial charge in [-0.2, -0.15) is 0 Å². The fraction of sp³-hybridized carbons (Fsp3) is 0.462. The van der Waals surface area contributed by atoms with E-state index in [1.807, 2.05) is 0 Å². The average Bonchev–Trinajstić information content (AvgIpc) is 2.71. The van der Waals surface area contributed by atoms with Crippen LogP contribution in [0.1, 0.15) is 25.5 Å². The number of carbonyl (C=O) groups excluding carboxylic acids is 1. The lowest BCUT2D eigenvalue weighted by Gasteiger charge is -2.18. The van der Waals surface area contributed by atoms with Gasteiger partial charge < -0.3 is 14.2 Å². The van der Waals surface area contributed by atoms with E-state index >= 15 is 0 Å². The first kappa shape index (κ1) is 14.6. The lowest BCUT2D eigenvalue weighted by Crippen LogP contribution is -2.28. The molecule has 1 aliphatic rings. The van der Waals surface area contributed by atoms with Crippen LogP contribution in [0.25, 0.3) is 0 Å². The highest BCUT2D eigenvalue weighted by Crippen LogP contribution is 2.40. The minimum Gasteiger partial charge on any atom is -0.464 e. The van der Waals surface area contributed by atoms with Gasteiger partial charge in [-0.1, -0.05) is 29.3 Å². The summed E-state index contributed by atoms with van der Waals surface area (Å²) in [6, 6.07) is 5.11. The third-order valence-corrected chi connectivity index (χ3v) is 3.41. The zero-order valence-corrected chi connectivity index (χ0v) is 12.1. The fourth-order valence-electron chi connectivity index (χ4n) is 1.99. The third-order valence-electron chi connectivity index (χ3n) is 2.75. The van der Waals surface area contributed by atoms with E-state index in [1.54, 1.807) is 32.0 Å². The smallest absolute Gasteiger partial charge is 0.338 e. The van der Waals surface area contributed by atoms with Crippen molar-refractivity contribution >= 4 is 29.2 Å². The van der Waals surface area contributed by atoms with Gasteiger partial charge in [0.05, 0.1) is 6.61 Å². The zero-order valence-electron chi connectivity index (χ0n) is 10.6.